The highest BCUT2D eigenvalue weighted by molar-refractivity contribution is 5.70. The van der Waals surface area contributed by atoms with Gasteiger partial charge in [0.1, 0.15) is 0 Å². The maximum Gasteiger partial charge on any atom is 0.269 e. The zero-order chi connectivity index (χ0) is 13.9. The van der Waals surface area contributed by atoms with Crippen molar-refractivity contribution >= 4 is 5.69 Å². The highest BCUT2D eigenvalue weighted by Gasteiger charge is 2.07. The number of benzene rings is 2. The van der Waals surface area contributed by atoms with E-state index >= 15 is 0 Å². The van der Waals surface area contributed by atoms with Crippen LogP contribution in [0.25, 0.3) is 22.5 Å². The number of hydrogen-bond donors (Lipinski definition) is 1. The third-order valence-corrected chi connectivity index (χ3v) is 2.88. The molecule has 2 aromatic carbocycles. The quantitative estimate of drug-likeness (QED) is 0.580. The summed E-state index contributed by atoms with van der Waals surface area (Å²) in [6, 6.07) is 14.0. The zero-order valence-electron chi connectivity index (χ0n) is 10.2. The van der Waals surface area contributed by atoms with E-state index in [1.54, 1.807) is 12.1 Å². The second-order valence-corrected chi connectivity index (χ2v) is 4.12. The number of non-ortho nitro benzene ring substituents is 1. The van der Waals surface area contributed by atoms with E-state index in [9.17, 15) is 10.1 Å². The van der Waals surface area contributed by atoms with Crippen LogP contribution in [0.15, 0.2) is 48.5 Å². The molecule has 1 N–H and O–H groups in total. The number of nitro groups is 1. The Labute approximate surface area is 113 Å². The maximum absolute atomic E-state index is 10.6. The largest absolute Gasteiger partial charge is 0.269 e. The summed E-state index contributed by atoms with van der Waals surface area (Å²) in [4.78, 5) is 10.2. The summed E-state index contributed by atoms with van der Waals surface area (Å²) in [5, 5.41) is 24.4. The molecule has 0 amide bonds. The number of aromatic amines is 1. The number of nitrogens with one attached hydrogen (secondary N) is 1. The Balaban J connectivity index is 1.98. The fourth-order valence-corrected chi connectivity index (χ4v) is 1.90. The van der Waals surface area contributed by atoms with Gasteiger partial charge in [-0.25, -0.2) is 0 Å². The molecular weight excluding hydrogens is 258 g/mol. The van der Waals surface area contributed by atoms with E-state index in [1.165, 1.54) is 12.1 Å². The minimum atomic E-state index is -0.417. The first-order valence-corrected chi connectivity index (χ1v) is 5.83. The Morgan fingerprint density at radius 2 is 1.75 bits per heavy atom. The molecule has 0 radical (unpaired) electrons. The summed E-state index contributed by atoms with van der Waals surface area (Å²) in [7, 11) is 0. The Morgan fingerprint density at radius 1 is 1.00 bits per heavy atom. The average Bonchev–Trinajstić information content (AvgIpc) is 3.02. The topological polar surface area (TPSA) is 97.6 Å². The van der Waals surface area contributed by atoms with Crippen molar-refractivity contribution in [2.45, 2.75) is 0 Å². The fourth-order valence-electron chi connectivity index (χ4n) is 1.90. The second-order valence-electron chi connectivity index (χ2n) is 4.12. The van der Waals surface area contributed by atoms with Crippen LogP contribution in [0.5, 0.6) is 0 Å². The van der Waals surface area contributed by atoms with Crippen LogP contribution in [0, 0.1) is 10.1 Å². The molecule has 0 spiro atoms. The molecule has 3 aromatic rings. The lowest BCUT2D eigenvalue weighted by atomic mass is 10.0. The van der Waals surface area contributed by atoms with Gasteiger partial charge < -0.3 is 0 Å². The first kappa shape index (κ1) is 12.0. The highest BCUT2D eigenvalue weighted by atomic mass is 16.6. The summed E-state index contributed by atoms with van der Waals surface area (Å²) < 4.78 is 0. The first-order chi connectivity index (χ1) is 9.74. The smallest absolute Gasteiger partial charge is 0.258 e. The first-order valence-electron chi connectivity index (χ1n) is 5.83. The van der Waals surface area contributed by atoms with E-state index in [2.05, 4.69) is 20.6 Å². The van der Waals surface area contributed by atoms with Gasteiger partial charge in [-0.2, -0.15) is 5.21 Å². The number of tetrazole rings is 1. The third kappa shape index (κ3) is 2.24. The van der Waals surface area contributed by atoms with Crippen molar-refractivity contribution in [1.29, 1.82) is 0 Å². The fraction of sp³-hybridized carbons (Fsp3) is 0. The van der Waals surface area contributed by atoms with Crippen molar-refractivity contribution in [3.63, 3.8) is 0 Å². The summed E-state index contributed by atoms with van der Waals surface area (Å²) in [5.74, 6) is 0.508. The van der Waals surface area contributed by atoms with Gasteiger partial charge in [-0.1, -0.05) is 18.2 Å². The monoisotopic (exact) mass is 267 g/mol. The lowest BCUT2D eigenvalue weighted by Gasteiger charge is -2.03. The molecular formula is C13H9N5O2. The van der Waals surface area contributed by atoms with Crippen molar-refractivity contribution in [2.24, 2.45) is 0 Å². The molecule has 7 nitrogen and oxygen atoms in total. The van der Waals surface area contributed by atoms with Crippen LogP contribution < -0.4 is 0 Å². The van der Waals surface area contributed by atoms with E-state index < -0.39 is 4.92 Å². The zero-order valence-corrected chi connectivity index (χ0v) is 10.2. The number of nitrogens with zero attached hydrogens (tertiary/aromatic N) is 4. The van der Waals surface area contributed by atoms with Gasteiger partial charge in [0.2, 0.25) is 5.82 Å². The third-order valence-electron chi connectivity index (χ3n) is 2.88. The molecule has 0 aliphatic carbocycles. The van der Waals surface area contributed by atoms with E-state index in [-0.39, 0.29) is 5.69 Å². The molecule has 0 unspecified atom stereocenters. The maximum atomic E-state index is 10.6. The van der Waals surface area contributed by atoms with Gasteiger partial charge in [-0.15, -0.1) is 10.2 Å². The van der Waals surface area contributed by atoms with Gasteiger partial charge in [0.25, 0.3) is 5.69 Å². The Morgan fingerprint density at radius 3 is 2.40 bits per heavy atom. The van der Waals surface area contributed by atoms with Crippen LogP contribution in [-0.2, 0) is 0 Å². The SMILES string of the molecule is O=[N+]([O-])c1ccc(-c2cccc(-c3nn[nH]n3)c2)cc1. The van der Waals surface area contributed by atoms with Crippen molar-refractivity contribution < 1.29 is 4.92 Å². The van der Waals surface area contributed by atoms with Gasteiger partial charge in [-0.05, 0) is 34.5 Å². The van der Waals surface area contributed by atoms with Crippen molar-refractivity contribution in [3.05, 3.63) is 58.6 Å². The Bertz CT molecular complexity index is 738. The number of nitro benzene ring substituents is 1. The van der Waals surface area contributed by atoms with Gasteiger partial charge in [0.15, 0.2) is 0 Å². The van der Waals surface area contributed by atoms with E-state index in [0.29, 0.717) is 5.82 Å². The van der Waals surface area contributed by atoms with Crippen LogP contribution in [0.4, 0.5) is 5.69 Å². The van der Waals surface area contributed by atoms with Crippen LogP contribution in [0.2, 0.25) is 0 Å². The predicted molar refractivity (Wildman–Crippen MR) is 71.7 cm³/mol. The molecule has 0 atom stereocenters. The normalized spacial score (nSPS) is 10.4. The van der Waals surface area contributed by atoms with Crippen LogP contribution in [-0.4, -0.2) is 25.5 Å². The minimum Gasteiger partial charge on any atom is -0.258 e. The lowest BCUT2D eigenvalue weighted by molar-refractivity contribution is -0.384. The molecule has 20 heavy (non-hydrogen) atoms. The molecule has 98 valence electrons. The van der Waals surface area contributed by atoms with Gasteiger partial charge in [-0.3, -0.25) is 10.1 Å². The summed E-state index contributed by atoms with van der Waals surface area (Å²) in [6.45, 7) is 0. The minimum absolute atomic E-state index is 0.0723. The molecule has 3 rings (SSSR count). The van der Waals surface area contributed by atoms with Crippen molar-refractivity contribution in [3.8, 4) is 22.5 Å². The summed E-state index contributed by atoms with van der Waals surface area (Å²) in [6.07, 6.45) is 0. The summed E-state index contributed by atoms with van der Waals surface area (Å²) >= 11 is 0. The van der Waals surface area contributed by atoms with E-state index in [1.807, 2.05) is 24.3 Å². The molecule has 0 aliphatic heterocycles. The van der Waals surface area contributed by atoms with Crippen molar-refractivity contribution in [2.75, 3.05) is 0 Å². The van der Waals surface area contributed by atoms with Crippen LogP contribution in [0.3, 0.4) is 0 Å². The van der Waals surface area contributed by atoms with E-state index in [4.69, 9.17) is 0 Å². The Hall–Kier alpha value is -3.09. The van der Waals surface area contributed by atoms with Crippen LogP contribution >= 0.6 is 0 Å². The number of rotatable bonds is 3. The molecule has 1 aromatic heterocycles. The number of aromatic nitrogens is 4. The molecule has 0 fully saturated rings. The molecule has 0 saturated heterocycles. The lowest BCUT2D eigenvalue weighted by Crippen LogP contribution is -1.87. The van der Waals surface area contributed by atoms with Gasteiger partial charge in [0, 0.05) is 17.7 Å². The molecule has 0 saturated carbocycles. The van der Waals surface area contributed by atoms with Crippen LogP contribution in [0.1, 0.15) is 0 Å². The number of H-pyrrole nitrogens is 1. The molecule has 7 heteroatoms. The molecule has 1 heterocycles. The molecule has 0 bridgehead atoms. The van der Waals surface area contributed by atoms with E-state index in [0.717, 1.165) is 16.7 Å². The van der Waals surface area contributed by atoms with Crippen molar-refractivity contribution in [1.82, 2.24) is 20.6 Å². The molecule has 0 aliphatic rings. The van der Waals surface area contributed by atoms with Gasteiger partial charge >= 0.3 is 0 Å². The Kier molecular flexibility index (Phi) is 2.92. The summed E-state index contributed by atoms with van der Waals surface area (Å²) in [5.41, 5.74) is 2.72. The number of hydrogen-bond acceptors (Lipinski definition) is 5. The second kappa shape index (κ2) is 4.88. The highest BCUT2D eigenvalue weighted by Crippen LogP contribution is 2.25. The standard InChI is InChI=1S/C13H9N5O2/c19-18(20)12-6-4-9(5-7-12)10-2-1-3-11(8-10)13-14-16-17-15-13/h1-8H,(H,14,15,16,17). The predicted octanol–water partition coefficient (Wildman–Crippen LogP) is 2.44. The average molecular weight is 267 g/mol. The van der Waals surface area contributed by atoms with Gasteiger partial charge in [0.05, 0.1) is 4.92 Å².